The first-order valence-corrected chi connectivity index (χ1v) is 5.79. The fourth-order valence-corrected chi connectivity index (χ4v) is 1.46. The van der Waals surface area contributed by atoms with Crippen LogP contribution in [0.1, 0.15) is 0 Å². The van der Waals surface area contributed by atoms with E-state index in [0.29, 0.717) is 10.7 Å². The Balaban J connectivity index is 2.61. The van der Waals surface area contributed by atoms with E-state index in [0.717, 1.165) is 18.0 Å². The van der Waals surface area contributed by atoms with Crippen molar-refractivity contribution >= 4 is 34.7 Å². The molecule has 0 amide bonds. The van der Waals surface area contributed by atoms with Gasteiger partial charge < -0.3 is 11.1 Å². The van der Waals surface area contributed by atoms with Crippen molar-refractivity contribution in [2.45, 2.75) is 0 Å². The molecule has 0 saturated heterocycles. The van der Waals surface area contributed by atoms with Crippen molar-refractivity contribution in [1.82, 2.24) is 0 Å². The molecule has 0 unspecified atom stereocenters. The first-order chi connectivity index (χ1) is 6.25. The minimum absolute atomic E-state index is 0.606. The second-order valence-corrected chi connectivity index (χ2v) is 4.01. The van der Waals surface area contributed by atoms with Crippen LogP contribution in [0.2, 0.25) is 5.02 Å². The van der Waals surface area contributed by atoms with Crippen LogP contribution in [0.25, 0.3) is 0 Å². The van der Waals surface area contributed by atoms with E-state index in [2.05, 4.69) is 11.6 Å². The van der Waals surface area contributed by atoms with Crippen LogP contribution < -0.4 is 11.1 Å². The number of nitrogens with two attached hydrogens (primary N) is 1. The van der Waals surface area contributed by atoms with Crippen LogP contribution in [0.5, 0.6) is 0 Å². The van der Waals surface area contributed by atoms with Crippen molar-refractivity contribution in [3.8, 4) is 0 Å². The summed E-state index contributed by atoms with van der Waals surface area (Å²) in [6, 6.07) is 5.61. The largest absolute Gasteiger partial charge is 0.396 e. The summed E-state index contributed by atoms with van der Waals surface area (Å²) in [5, 5.41) is 3.83. The highest BCUT2D eigenvalue weighted by atomic mass is 35.5. The molecular weight excluding hydrogens is 204 g/mol. The van der Waals surface area contributed by atoms with Crippen molar-refractivity contribution in [1.29, 1.82) is 0 Å². The lowest BCUT2D eigenvalue weighted by Crippen LogP contribution is -2.06. The summed E-state index contributed by atoms with van der Waals surface area (Å²) < 4.78 is 0. The molecule has 0 bridgehead atoms. The van der Waals surface area contributed by atoms with E-state index in [1.54, 1.807) is 17.8 Å². The Morgan fingerprint density at radius 3 is 3.00 bits per heavy atom. The summed E-state index contributed by atoms with van der Waals surface area (Å²) in [5.41, 5.74) is 7.31. The van der Waals surface area contributed by atoms with E-state index in [-0.39, 0.29) is 0 Å². The average Bonchev–Trinajstić information content (AvgIpc) is 2.13. The van der Waals surface area contributed by atoms with E-state index in [4.69, 9.17) is 17.3 Å². The minimum atomic E-state index is 0.606. The van der Waals surface area contributed by atoms with Gasteiger partial charge in [-0.3, -0.25) is 0 Å². The molecule has 1 rings (SSSR count). The normalized spacial score (nSPS) is 10.0. The number of rotatable bonds is 4. The predicted octanol–water partition coefficient (Wildman–Crippen LogP) is 2.70. The number of nitrogens with one attached hydrogen (secondary N) is 1. The third-order valence-corrected chi connectivity index (χ3v) is 2.62. The summed E-state index contributed by atoms with van der Waals surface area (Å²) in [4.78, 5) is 0. The molecule has 0 aliphatic heterocycles. The highest BCUT2D eigenvalue weighted by molar-refractivity contribution is 7.98. The zero-order valence-corrected chi connectivity index (χ0v) is 9.08. The number of thioether (sulfide) groups is 1. The maximum Gasteiger partial charge on any atom is 0.0739 e. The first kappa shape index (κ1) is 10.5. The standard InChI is InChI=1S/C9H13ClN2S/c1-13-6-5-12-8-4-2-3-7(10)9(8)11/h2-4,12H,5-6,11H2,1H3. The molecule has 13 heavy (non-hydrogen) atoms. The molecule has 1 aromatic carbocycles. The second-order valence-electron chi connectivity index (χ2n) is 2.62. The molecule has 0 heterocycles. The van der Waals surface area contributed by atoms with Gasteiger partial charge in [0.1, 0.15) is 0 Å². The smallest absolute Gasteiger partial charge is 0.0739 e. The van der Waals surface area contributed by atoms with Crippen molar-refractivity contribution in [2.24, 2.45) is 0 Å². The summed E-state index contributed by atoms with van der Waals surface area (Å²) in [6.07, 6.45) is 2.07. The molecule has 0 spiro atoms. The molecule has 1 aromatic rings. The molecule has 0 aliphatic rings. The molecule has 4 heteroatoms. The quantitative estimate of drug-likeness (QED) is 0.601. The lowest BCUT2D eigenvalue weighted by atomic mass is 10.2. The molecule has 0 aromatic heterocycles. The van der Waals surface area contributed by atoms with Gasteiger partial charge in [0.05, 0.1) is 16.4 Å². The van der Waals surface area contributed by atoms with Gasteiger partial charge in [0.2, 0.25) is 0 Å². The Morgan fingerprint density at radius 2 is 2.31 bits per heavy atom. The Morgan fingerprint density at radius 1 is 1.54 bits per heavy atom. The van der Waals surface area contributed by atoms with Crippen molar-refractivity contribution in [3.05, 3.63) is 23.2 Å². The van der Waals surface area contributed by atoms with Gasteiger partial charge >= 0.3 is 0 Å². The average molecular weight is 217 g/mol. The molecule has 72 valence electrons. The summed E-state index contributed by atoms with van der Waals surface area (Å²) >= 11 is 7.65. The van der Waals surface area contributed by atoms with E-state index in [1.807, 2.05) is 12.1 Å². The van der Waals surface area contributed by atoms with Gasteiger partial charge in [-0.2, -0.15) is 11.8 Å². The first-order valence-electron chi connectivity index (χ1n) is 4.02. The van der Waals surface area contributed by atoms with Gasteiger partial charge in [0, 0.05) is 12.3 Å². The Hall–Kier alpha value is -0.540. The van der Waals surface area contributed by atoms with Crippen LogP contribution in [0, 0.1) is 0 Å². The van der Waals surface area contributed by atoms with Crippen molar-refractivity contribution in [3.63, 3.8) is 0 Å². The van der Waals surface area contributed by atoms with Crippen LogP contribution in [0.15, 0.2) is 18.2 Å². The van der Waals surface area contributed by atoms with E-state index in [9.17, 15) is 0 Å². The van der Waals surface area contributed by atoms with Gasteiger partial charge in [-0.15, -0.1) is 0 Å². The number of hydrogen-bond donors (Lipinski definition) is 2. The number of benzene rings is 1. The molecule has 2 nitrogen and oxygen atoms in total. The second kappa shape index (κ2) is 5.25. The SMILES string of the molecule is CSCCNc1cccc(Cl)c1N. The Bertz CT molecular complexity index is 278. The molecule has 3 N–H and O–H groups in total. The molecule has 0 radical (unpaired) electrons. The van der Waals surface area contributed by atoms with E-state index >= 15 is 0 Å². The van der Waals surface area contributed by atoms with Crippen LogP contribution in [0.4, 0.5) is 11.4 Å². The van der Waals surface area contributed by atoms with Gasteiger partial charge in [0.25, 0.3) is 0 Å². The lowest BCUT2D eigenvalue weighted by Gasteiger charge is -2.09. The summed E-state index contributed by atoms with van der Waals surface area (Å²) in [5.74, 6) is 1.06. The maximum absolute atomic E-state index is 5.86. The number of anilines is 2. The fourth-order valence-electron chi connectivity index (χ4n) is 0.979. The van der Waals surface area contributed by atoms with E-state index in [1.165, 1.54) is 0 Å². The molecule has 0 atom stereocenters. The fraction of sp³-hybridized carbons (Fsp3) is 0.333. The lowest BCUT2D eigenvalue weighted by molar-refractivity contribution is 1.23. The zero-order chi connectivity index (χ0) is 9.68. The Kier molecular flexibility index (Phi) is 4.25. The van der Waals surface area contributed by atoms with Crippen LogP contribution in [-0.2, 0) is 0 Å². The highest BCUT2D eigenvalue weighted by Gasteiger charge is 2.00. The predicted molar refractivity (Wildman–Crippen MR) is 62.7 cm³/mol. The van der Waals surface area contributed by atoms with Gasteiger partial charge in [-0.05, 0) is 18.4 Å². The van der Waals surface area contributed by atoms with Crippen molar-refractivity contribution < 1.29 is 0 Å². The van der Waals surface area contributed by atoms with Gasteiger partial charge in [0.15, 0.2) is 0 Å². The summed E-state index contributed by atoms with van der Waals surface area (Å²) in [6.45, 7) is 0.908. The minimum Gasteiger partial charge on any atom is -0.396 e. The number of para-hydroxylation sites is 1. The van der Waals surface area contributed by atoms with Crippen LogP contribution in [0.3, 0.4) is 0 Å². The monoisotopic (exact) mass is 216 g/mol. The third-order valence-electron chi connectivity index (χ3n) is 1.67. The van der Waals surface area contributed by atoms with E-state index < -0.39 is 0 Å². The number of halogens is 1. The van der Waals surface area contributed by atoms with Gasteiger partial charge in [-0.25, -0.2) is 0 Å². The topological polar surface area (TPSA) is 38.0 Å². The maximum atomic E-state index is 5.86. The molecular formula is C9H13ClN2S. The molecule has 0 fully saturated rings. The number of nitrogen functional groups attached to an aromatic ring is 1. The third kappa shape index (κ3) is 3.01. The molecule has 0 saturated carbocycles. The highest BCUT2D eigenvalue weighted by Crippen LogP contribution is 2.26. The van der Waals surface area contributed by atoms with Crippen LogP contribution in [-0.4, -0.2) is 18.6 Å². The van der Waals surface area contributed by atoms with Crippen LogP contribution >= 0.6 is 23.4 Å². The molecule has 0 aliphatic carbocycles. The number of hydrogen-bond acceptors (Lipinski definition) is 3. The summed E-state index contributed by atoms with van der Waals surface area (Å²) in [7, 11) is 0. The van der Waals surface area contributed by atoms with Crippen molar-refractivity contribution in [2.75, 3.05) is 29.6 Å². The zero-order valence-electron chi connectivity index (χ0n) is 7.51. The van der Waals surface area contributed by atoms with Gasteiger partial charge in [-0.1, -0.05) is 17.7 Å². The Labute approximate surface area is 87.8 Å².